The second-order valence-corrected chi connectivity index (χ2v) is 5.30. The molecule has 2 heteroatoms. The van der Waals surface area contributed by atoms with Crippen molar-refractivity contribution in [3.05, 3.63) is 60.8 Å². The van der Waals surface area contributed by atoms with Gasteiger partial charge in [0.25, 0.3) is 0 Å². The van der Waals surface area contributed by atoms with E-state index in [1.807, 2.05) is 6.20 Å². The Morgan fingerprint density at radius 2 is 1.55 bits per heavy atom. The molecule has 2 nitrogen and oxygen atoms in total. The van der Waals surface area contributed by atoms with E-state index >= 15 is 0 Å². The molecule has 0 amide bonds. The lowest BCUT2D eigenvalue weighted by Gasteiger charge is -2.01. The number of para-hydroxylation sites is 1. The number of hydrogen-bond acceptors (Lipinski definition) is 0. The van der Waals surface area contributed by atoms with Crippen LogP contribution in [0.3, 0.4) is 0 Å². The Kier molecular flexibility index (Phi) is 1.73. The van der Waals surface area contributed by atoms with Gasteiger partial charge in [0.1, 0.15) is 0 Å². The highest BCUT2D eigenvalue weighted by atomic mass is 14.7. The van der Waals surface area contributed by atoms with Gasteiger partial charge in [0, 0.05) is 38.8 Å². The predicted octanol–water partition coefficient (Wildman–Crippen LogP) is 4.96. The van der Waals surface area contributed by atoms with E-state index in [1.54, 1.807) is 0 Å². The number of rotatable bonds is 0. The van der Waals surface area contributed by atoms with Crippen molar-refractivity contribution < 1.29 is 0 Å². The van der Waals surface area contributed by atoms with Gasteiger partial charge in [-0.3, -0.25) is 0 Å². The molecule has 0 aliphatic carbocycles. The Labute approximate surface area is 115 Å². The van der Waals surface area contributed by atoms with E-state index in [0.29, 0.717) is 0 Å². The van der Waals surface area contributed by atoms with Crippen LogP contribution in [-0.2, 0) is 0 Å². The van der Waals surface area contributed by atoms with Gasteiger partial charge in [0.2, 0.25) is 0 Å². The van der Waals surface area contributed by atoms with Crippen molar-refractivity contribution in [2.75, 3.05) is 0 Å². The molecule has 0 radical (unpaired) electrons. The minimum atomic E-state index is 1.19. The minimum absolute atomic E-state index is 1.19. The van der Waals surface area contributed by atoms with Crippen LogP contribution in [0.4, 0.5) is 0 Å². The van der Waals surface area contributed by atoms with Gasteiger partial charge in [0.15, 0.2) is 0 Å². The Morgan fingerprint density at radius 1 is 0.650 bits per heavy atom. The highest BCUT2D eigenvalue weighted by molar-refractivity contribution is 6.16. The van der Waals surface area contributed by atoms with Crippen molar-refractivity contribution >= 4 is 43.5 Å². The van der Waals surface area contributed by atoms with E-state index in [4.69, 9.17) is 0 Å². The quantitative estimate of drug-likeness (QED) is 0.392. The van der Waals surface area contributed by atoms with E-state index in [1.165, 1.54) is 43.5 Å². The molecule has 2 N–H and O–H groups in total. The summed E-state index contributed by atoms with van der Waals surface area (Å²) < 4.78 is 0. The zero-order valence-electron chi connectivity index (χ0n) is 10.8. The SMILES string of the molecule is c1ccc2c(c1)[nH]c1cc3c(ccc4cc[nH]c43)cc12. The summed E-state index contributed by atoms with van der Waals surface area (Å²) in [6.07, 6.45) is 2.00. The second kappa shape index (κ2) is 3.42. The first-order valence-electron chi connectivity index (χ1n) is 6.80. The molecule has 0 saturated carbocycles. The molecule has 0 spiro atoms. The predicted molar refractivity (Wildman–Crippen MR) is 85.2 cm³/mol. The lowest BCUT2D eigenvalue weighted by molar-refractivity contribution is 1.49. The third-order valence-electron chi connectivity index (χ3n) is 4.17. The Balaban J connectivity index is 2.06. The zero-order chi connectivity index (χ0) is 13.1. The van der Waals surface area contributed by atoms with Crippen LogP contribution in [0.25, 0.3) is 43.5 Å². The summed E-state index contributed by atoms with van der Waals surface area (Å²) in [4.78, 5) is 6.86. The molecule has 94 valence electrons. The maximum Gasteiger partial charge on any atom is 0.0534 e. The first-order valence-corrected chi connectivity index (χ1v) is 6.80. The molecule has 0 saturated heterocycles. The largest absolute Gasteiger partial charge is 0.361 e. The summed E-state index contributed by atoms with van der Waals surface area (Å²) in [5.41, 5.74) is 3.60. The molecule has 0 aliphatic rings. The van der Waals surface area contributed by atoms with Crippen LogP contribution in [0.15, 0.2) is 60.8 Å². The average molecular weight is 256 g/mol. The third-order valence-corrected chi connectivity index (χ3v) is 4.17. The van der Waals surface area contributed by atoms with Crippen molar-refractivity contribution in [1.29, 1.82) is 0 Å². The third kappa shape index (κ3) is 1.18. The minimum Gasteiger partial charge on any atom is -0.361 e. The Morgan fingerprint density at radius 3 is 2.55 bits per heavy atom. The van der Waals surface area contributed by atoms with Crippen LogP contribution in [0.1, 0.15) is 0 Å². The summed E-state index contributed by atoms with van der Waals surface area (Å²) in [5, 5.41) is 6.38. The van der Waals surface area contributed by atoms with Gasteiger partial charge >= 0.3 is 0 Å². The number of H-pyrrole nitrogens is 2. The number of hydrogen-bond donors (Lipinski definition) is 2. The molecule has 0 fully saturated rings. The van der Waals surface area contributed by atoms with Crippen LogP contribution in [0.5, 0.6) is 0 Å². The smallest absolute Gasteiger partial charge is 0.0534 e. The topological polar surface area (TPSA) is 31.6 Å². The van der Waals surface area contributed by atoms with Crippen LogP contribution in [-0.4, -0.2) is 9.97 Å². The molecule has 2 heterocycles. The molecule has 5 rings (SSSR count). The number of benzene rings is 3. The number of aromatic nitrogens is 2. The maximum absolute atomic E-state index is 3.51. The molecule has 0 atom stereocenters. The first-order chi connectivity index (χ1) is 9.90. The molecule has 0 unspecified atom stereocenters. The summed E-state index contributed by atoms with van der Waals surface area (Å²) in [6, 6.07) is 19.5. The van der Waals surface area contributed by atoms with Crippen molar-refractivity contribution in [3.63, 3.8) is 0 Å². The fourth-order valence-electron chi connectivity index (χ4n) is 3.20. The molecule has 0 aliphatic heterocycles. The summed E-state index contributed by atoms with van der Waals surface area (Å²) in [7, 11) is 0. The van der Waals surface area contributed by atoms with Gasteiger partial charge in [-0.25, -0.2) is 0 Å². The Bertz CT molecular complexity index is 1100. The summed E-state index contributed by atoms with van der Waals surface area (Å²) in [5.74, 6) is 0. The Hall–Kier alpha value is -2.74. The van der Waals surface area contributed by atoms with E-state index in [9.17, 15) is 0 Å². The van der Waals surface area contributed by atoms with E-state index in [2.05, 4.69) is 64.6 Å². The maximum atomic E-state index is 3.51. The van der Waals surface area contributed by atoms with Gasteiger partial charge in [-0.1, -0.05) is 30.3 Å². The lowest BCUT2D eigenvalue weighted by Crippen LogP contribution is -1.77. The van der Waals surface area contributed by atoms with Crippen LogP contribution in [0, 0.1) is 0 Å². The first kappa shape index (κ1) is 10.1. The molecule has 20 heavy (non-hydrogen) atoms. The number of nitrogens with one attached hydrogen (secondary N) is 2. The zero-order valence-corrected chi connectivity index (χ0v) is 10.8. The van der Waals surface area contributed by atoms with Crippen LogP contribution >= 0.6 is 0 Å². The van der Waals surface area contributed by atoms with Gasteiger partial charge < -0.3 is 9.97 Å². The van der Waals surface area contributed by atoms with E-state index in [0.717, 1.165) is 0 Å². The number of fused-ring (bicyclic) bond motifs is 6. The molecule has 0 bridgehead atoms. The highest BCUT2D eigenvalue weighted by Crippen LogP contribution is 2.32. The fraction of sp³-hybridized carbons (Fsp3) is 0. The van der Waals surface area contributed by atoms with Crippen LogP contribution < -0.4 is 0 Å². The van der Waals surface area contributed by atoms with Gasteiger partial charge in [-0.05, 0) is 29.7 Å². The summed E-state index contributed by atoms with van der Waals surface area (Å²) >= 11 is 0. The monoisotopic (exact) mass is 256 g/mol. The fourth-order valence-corrected chi connectivity index (χ4v) is 3.20. The normalized spacial score (nSPS) is 12.0. The number of aromatic amines is 2. The molecular formula is C18H12N2. The van der Waals surface area contributed by atoms with Gasteiger partial charge in [0.05, 0.1) is 5.52 Å². The van der Waals surface area contributed by atoms with E-state index < -0.39 is 0 Å². The molecule has 3 aromatic carbocycles. The van der Waals surface area contributed by atoms with Crippen molar-refractivity contribution in [2.45, 2.75) is 0 Å². The van der Waals surface area contributed by atoms with E-state index in [-0.39, 0.29) is 0 Å². The highest BCUT2D eigenvalue weighted by Gasteiger charge is 2.07. The van der Waals surface area contributed by atoms with Gasteiger partial charge in [-0.15, -0.1) is 0 Å². The summed E-state index contributed by atoms with van der Waals surface area (Å²) in [6.45, 7) is 0. The molecular weight excluding hydrogens is 244 g/mol. The second-order valence-electron chi connectivity index (χ2n) is 5.30. The van der Waals surface area contributed by atoms with Crippen LogP contribution in [0.2, 0.25) is 0 Å². The van der Waals surface area contributed by atoms with Crippen molar-refractivity contribution in [2.24, 2.45) is 0 Å². The van der Waals surface area contributed by atoms with Gasteiger partial charge in [-0.2, -0.15) is 0 Å². The van der Waals surface area contributed by atoms with Crippen molar-refractivity contribution in [1.82, 2.24) is 9.97 Å². The molecule has 2 aromatic heterocycles. The lowest BCUT2D eigenvalue weighted by atomic mass is 10.0. The van der Waals surface area contributed by atoms with Crippen molar-refractivity contribution in [3.8, 4) is 0 Å². The molecule has 5 aromatic rings. The average Bonchev–Trinajstić information content (AvgIpc) is 3.09. The standard InChI is InChI=1S/C18H12N2/c1-2-4-16-13(3-1)15-9-12-6-5-11-7-8-19-18(11)14(12)10-17(15)20-16/h1-10,19-20H.